The van der Waals surface area contributed by atoms with Crippen molar-refractivity contribution in [1.82, 2.24) is 4.90 Å². The fourth-order valence-corrected chi connectivity index (χ4v) is 2.63. The second-order valence-electron chi connectivity index (χ2n) is 5.60. The van der Waals surface area contributed by atoms with Crippen molar-refractivity contribution in [2.45, 2.75) is 39.9 Å². The largest absolute Gasteiger partial charge is 0.444 e. The molecule has 21 heavy (non-hydrogen) atoms. The lowest BCUT2D eigenvalue weighted by Crippen LogP contribution is -2.48. The van der Waals surface area contributed by atoms with Gasteiger partial charge in [-0.05, 0) is 27.7 Å². The molecular weight excluding hydrogens is 270 g/mol. The minimum absolute atomic E-state index is 0.115. The summed E-state index contributed by atoms with van der Waals surface area (Å²) in [6.45, 7) is 9.27. The molecule has 0 unspecified atom stereocenters. The van der Waals surface area contributed by atoms with Crippen molar-refractivity contribution in [3.05, 3.63) is 16.9 Å². The Morgan fingerprint density at radius 3 is 2.57 bits per heavy atom. The second-order valence-corrected chi connectivity index (χ2v) is 5.60. The highest BCUT2D eigenvalue weighted by atomic mass is 16.5. The summed E-state index contributed by atoms with van der Waals surface area (Å²) in [5.74, 6) is 0.712. The number of furan rings is 1. The zero-order valence-corrected chi connectivity index (χ0v) is 12.9. The highest BCUT2D eigenvalue weighted by Crippen LogP contribution is 2.25. The molecule has 1 saturated heterocycles. The Kier molecular flexibility index (Phi) is 4.66. The van der Waals surface area contributed by atoms with Crippen LogP contribution in [-0.4, -0.2) is 42.6 Å². The summed E-state index contributed by atoms with van der Waals surface area (Å²) in [7, 11) is 0. The van der Waals surface area contributed by atoms with Gasteiger partial charge in [-0.15, -0.1) is 0 Å². The predicted octanol–water partition coefficient (Wildman–Crippen LogP) is 1.82. The maximum absolute atomic E-state index is 12.1. The van der Waals surface area contributed by atoms with Gasteiger partial charge in [0.25, 0.3) is 0 Å². The molecule has 1 aromatic heterocycles. The van der Waals surface area contributed by atoms with Crippen LogP contribution in [0.15, 0.2) is 4.42 Å². The molecule has 114 valence electrons. The van der Waals surface area contributed by atoms with Crippen LogP contribution >= 0.6 is 0 Å². The number of rotatable bonds is 3. The Morgan fingerprint density at radius 2 is 2.00 bits per heavy atom. The molecule has 0 radical (unpaired) electrons. The smallest absolute Gasteiger partial charge is 0.240 e. The van der Waals surface area contributed by atoms with Crippen LogP contribution in [0.1, 0.15) is 30.7 Å². The van der Waals surface area contributed by atoms with Gasteiger partial charge in [-0.2, -0.15) is 5.26 Å². The molecule has 1 aliphatic heterocycles. The minimum atomic E-state index is -0.179. The lowest BCUT2D eigenvalue weighted by molar-refractivity contribution is -0.121. The zero-order chi connectivity index (χ0) is 15.6. The molecule has 1 N–H and O–H groups in total. The van der Waals surface area contributed by atoms with Gasteiger partial charge in [0.2, 0.25) is 11.8 Å². The van der Waals surface area contributed by atoms with Crippen molar-refractivity contribution in [2.75, 3.05) is 25.0 Å². The topological polar surface area (TPSA) is 78.5 Å². The number of carbonyl (C=O) groups is 1. The lowest BCUT2D eigenvalue weighted by Gasteiger charge is -2.34. The monoisotopic (exact) mass is 291 g/mol. The molecule has 6 heteroatoms. The number of anilines is 1. The number of morpholine rings is 1. The maximum Gasteiger partial charge on any atom is 0.240 e. The van der Waals surface area contributed by atoms with E-state index in [1.54, 1.807) is 13.8 Å². The SMILES string of the molecule is Cc1oc(NC(=O)CN2C[C@H](C)O[C@@H](C)C2)c(C#N)c1C. The van der Waals surface area contributed by atoms with Crippen molar-refractivity contribution >= 4 is 11.8 Å². The van der Waals surface area contributed by atoms with Gasteiger partial charge in [0.1, 0.15) is 17.4 Å². The van der Waals surface area contributed by atoms with Gasteiger partial charge in [-0.1, -0.05) is 0 Å². The van der Waals surface area contributed by atoms with E-state index in [9.17, 15) is 4.79 Å². The number of nitrogens with one attached hydrogen (secondary N) is 1. The highest BCUT2D eigenvalue weighted by molar-refractivity contribution is 5.92. The third-order valence-electron chi connectivity index (χ3n) is 3.61. The average Bonchev–Trinajstić information content (AvgIpc) is 2.62. The Labute approximate surface area is 124 Å². The Hall–Kier alpha value is -1.84. The maximum atomic E-state index is 12.1. The van der Waals surface area contributed by atoms with Gasteiger partial charge in [0.05, 0.1) is 18.8 Å². The van der Waals surface area contributed by atoms with E-state index in [2.05, 4.69) is 11.4 Å². The summed E-state index contributed by atoms with van der Waals surface area (Å²) in [6.07, 6.45) is 0.230. The number of aryl methyl sites for hydroxylation is 1. The van der Waals surface area contributed by atoms with Crippen LogP contribution in [0.2, 0.25) is 0 Å². The number of carbonyl (C=O) groups excluding carboxylic acids is 1. The molecule has 0 aromatic carbocycles. The van der Waals surface area contributed by atoms with E-state index in [-0.39, 0.29) is 30.5 Å². The third-order valence-corrected chi connectivity index (χ3v) is 3.61. The molecule has 2 heterocycles. The minimum Gasteiger partial charge on any atom is -0.444 e. The Balaban J connectivity index is 1.99. The molecule has 6 nitrogen and oxygen atoms in total. The van der Waals surface area contributed by atoms with Gasteiger partial charge in [0, 0.05) is 18.7 Å². The molecule has 0 bridgehead atoms. The fourth-order valence-electron chi connectivity index (χ4n) is 2.63. The first-order valence-corrected chi connectivity index (χ1v) is 7.08. The lowest BCUT2D eigenvalue weighted by atomic mass is 10.2. The third kappa shape index (κ3) is 3.63. The van der Waals surface area contributed by atoms with Crippen LogP contribution in [0.5, 0.6) is 0 Å². The molecule has 2 rings (SSSR count). The van der Waals surface area contributed by atoms with E-state index < -0.39 is 0 Å². The van der Waals surface area contributed by atoms with Crippen LogP contribution in [0, 0.1) is 25.2 Å². The fraction of sp³-hybridized carbons (Fsp3) is 0.600. The van der Waals surface area contributed by atoms with Gasteiger partial charge in [-0.25, -0.2) is 0 Å². The molecule has 2 atom stereocenters. The van der Waals surface area contributed by atoms with Crippen LogP contribution < -0.4 is 5.32 Å². The second kappa shape index (κ2) is 6.29. The van der Waals surface area contributed by atoms with Crippen molar-refractivity contribution in [2.24, 2.45) is 0 Å². The summed E-state index contributed by atoms with van der Waals surface area (Å²) in [6, 6.07) is 2.07. The number of hydrogen-bond acceptors (Lipinski definition) is 5. The quantitative estimate of drug-likeness (QED) is 0.919. The summed E-state index contributed by atoms with van der Waals surface area (Å²) in [4.78, 5) is 14.2. The normalized spacial score (nSPS) is 22.8. The number of nitriles is 1. The highest BCUT2D eigenvalue weighted by Gasteiger charge is 2.24. The summed E-state index contributed by atoms with van der Waals surface area (Å²) < 4.78 is 11.1. The summed E-state index contributed by atoms with van der Waals surface area (Å²) in [5.41, 5.74) is 1.16. The first-order valence-electron chi connectivity index (χ1n) is 7.08. The molecule has 0 aliphatic carbocycles. The molecule has 0 spiro atoms. The van der Waals surface area contributed by atoms with Gasteiger partial charge >= 0.3 is 0 Å². The van der Waals surface area contributed by atoms with E-state index in [1.165, 1.54) is 0 Å². The van der Waals surface area contributed by atoms with E-state index in [1.807, 2.05) is 18.7 Å². The standard InChI is InChI=1S/C15H21N3O3/c1-9-6-18(7-10(2)20-9)8-14(19)17-15-13(5-16)11(3)12(4)21-15/h9-10H,6-8H2,1-4H3,(H,17,19)/t9-,10-/m0/s1. The van der Waals surface area contributed by atoms with E-state index in [0.717, 1.165) is 18.7 Å². The molecule has 1 amide bonds. The van der Waals surface area contributed by atoms with Crippen LogP contribution in [0.4, 0.5) is 5.88 Å². The van der Waals surface area contributed by atoms with E-state index in [0.29, 0.717) is 11.3 Å². The van der Waals surface area contributed by atoms with E-state index >= 15 is 0 Å². The summed E-state index contributed by atoms with van der Waals surface area (Å²) >= 11 is 0. The molecule has 0 saturated carbocycles. The van der Waals surface area contributed by atoms with Crippen LogP contribution in [-0.2, 0) is 9.53 Å². The van der Waals surface area contributed by atoms with Crippen molar-refractivity contribution in [3.63, 3.8) is 0 Å². The molecular formula is C15H21N3O3. The van der Waals surface area contributed by atoms with Gasteiger partial charge in [0.15, 0.2) is 0 Å². The van der Waals surface area contributed by atoms with Gasteiger partial charge in [-0.3, -0.25) is 15.0 Å². The van der Waals surface area contributed by atoms with Crippen molar-refractivity contribution < 1.29 is 13.9 Å². The van der Waals surface area contributed by atoms with E-state index in [4.69, 9.17) is 14.4 Å². The number of nitrogens with zero attached hydrogens (tertiary/aromatic N) is 2. The van der Waals surface area contributed by atoms with Crippen LogP contribution in [0.25, 0.3) is 0 Å². The average molecular weight is 291 g/mol. The van der Waals surface area contributed by atoms with Crippen molar-refractivity contribution in [3.8, 4) is 6.07 Å². The first kappa shape index (κ1) is 15.5. The molecule has 1 aromatic rings. The number of amides is 1. The number of ether oxygens (including phenoxy) is 1. The first-order chi connectivity index (χ1) is 9.90. The molecule has 1 aliphatic rings. The number of hydrogen-bond donors (Lipinski definition) is 1. The summed E-state index contributed by atoms with van der Waals surface area (Å²) in [5, 5.41) is 11.8. The van der Waals surface area contributed by atoms with Crippen LogP contribution in [0.3, 0.4) is 0 Å². The Bertz CT molecular complexity index is 563. The van der Waals surface area contributed by atoms with Gasteiger partial charge < -0.3 is 9.15 Å². The Morgan fingerprint density at radius 1 is 1.38 bits per heavy atom. The molecule has 1 fully saturated rings. The van der Waals surface area contributed by atoms with Crippen molar-refractivity contribution in [1.29, 1.82) is 5.26 Å². The predicted molar refractivity (Wildman–Crippen MR) is 78.0 cm³/mol. The zero-order valence-electron chi connectivity index (χ0n) is 12.9.